The number of aliphatic hydroxyl groups is 2. The molecule has 0 aliphatic rings. The summed E-state index contributed by atoms with van der Waals surface area (Å²) in [5.74, 6) is -17.7. The van der Waals surface area contributed by atoms with E-state index in [9.17, 15) is 92.7 Å². The first-order chi connectivity index (χ1) is 52.0. The summed E-state index contributed by atoms with van der Waals surface area (Å²) in [6, 6.07) is 0.767. The van der Waals surface area contributed by atoms with Crippen LogP contribution in [0.25, 0.3) is 10.9 Å². The summed E-state index contributed by atoms with van der Waals surface area (Å²) in [6.07, 6.45) is -0.964. The maximum Gasteiger partial charge on any atom is 0.327 e. The maximum absolute atomic E-state index is 15.0. The molecular formula is C74H109N15O19S2. The molecule has 34 nitrogen and oxygen atoms in total. The lowest BCUT2D eigenvalue weighted by Crippen LogP contribution is -2.63. The molecule has 1 aromatic heterocycles. The minimum Gasteiger partial charge on any atom is -0.508 e. The van der Waals surface area contributed by atoms with Crippen LogP contribution in [0.2, 0.25) is 0 Å². The molecule has 0 bridgehead atoms. The number of aromatic amines is 1. The number of carboxylic acid groups (broad SMARTS) is 2. The monoisotopic (exact) mass is 1580 g/mol. The molecule has 0 radical (unpaired) electrons. The van der Waals surface area contributed by atoms with Gasteiger partial charge in [-0.25, -0.2) is 4.79 Å². The summed E-state index contributed by atoms with van der Waals surface area (Å²) >= 11 is 8.01. The minimum absolute atomic E-state index is 0.0416. The van der Waals surface area contributed by atoms with E-state index in [0.717, 1.165) is 6.92 Å². The number of aliphatic carboxylic acids is 2. The average Bonchev–Trinajstić information content (AvgIpc) is 1.64. The molecule has 3 aromatic carbocycles. The Morgan fingerprint density at radius 3 is 1.39 bits per heavy atom. The van der Waals surface area contributed by atoms with Crippen LogP contribution in [0.4, 0.5) is 0 Å². The number of carbonyl (C=O) groups is 14. The van der Waals surface area contributed by atoms with Crippen molar-refractivity contribution in [2.75, 3.05) is 24.7 Å². The van der Waals surface area contributed by atoms with E-state index < -0.39 is 205 Å². The average molecular weight is 1580 g/mol. The van der Waals surface area contributed by atoms with Crippen LogP contribution in [0.1, 0.15) is 118 Å². The smallest absolute Gasteiger partial charge is 0.327 e. The fourth-order valence-corrected chi connectivity index (χ4v) is 11.9. The lowest BCUT2D eigenvalue weighted by atomic mass is 9.95. The molecule has 0 aliphatic carbocycles. The Morgan fingerprint density at radius 2 is 0.891 bits per heavy atom. The van der Waals surface area contributed by atoms with Gasteiger partial charge in [0.05, 0.1) is 25.2 Å². The molecule has 1 heterocycles. The van der Waals surface area contributed by atoms with Gasteiger partial charge in [0.15, 0.2) is 0 Å². The van der Waals surface area contributed by atoms with Crippen molar-refractivity contribution < 1.29 is 92.7 Å². The maximum atomic E-state index is 15.0. The number of para-hydroxylation sites is 1. The Bertz CT molecular complexity index is 3770. The van der Waals surface area contributed by atoms with E-state index in [1.165, 1.54) is 24.3 Å². The highest BCUT2D eigenvalue weighted by Gasteiger charge is 2.40. The van der Waals surface area contributed by atoms with Gasteiger partial charge in [-0.2, -0.15) is 25.3 Å². The number of phenolic OH excluding ortho intramolecular Hbond substituents is 1. The van der Waals surface area contributed by atoms with Crippen LogP contribution >= 0.6 is 25.3 Å². The second-order valence-corrected chi connectivity index (χ2v) is 28.9. The first kappa shape index (κ1) is 92.5. The third kappa shape index (κ3) is 29.5. The number of carboxylic acids is 2. The number of rotatable bonds is 47. The molecule has 22 N–H and O–H groups in total. The van der Waals surface area contributed by atoms with Crippen LogP contribution in [0.5, 0.6) is 5.75 Å². The second kappa shape index (κ2) is 45.9. The number of hydrogen-bond donors (Lipinski definition) is 22. The lowest BCUT2D eigenvalue weighted by molar-refractivity contribution is -0.142. The van der Waals surface area contributed by atoms with E-state index >= 15 is 0 Å². The number of thiol groups is 2. The van der Waals surface area contributed by atoms with E-state index in [2.05, 4.69) is 94.0 Å². The summed E-state index contributed by atoms with van der Waals surface area (Å²) in [7, 11) is 0. The fraction of sp³-hybridized carbons (Fsp3) is 0.541. The number of aliphatic hydroxyl groups excluding tert-OH is 2. The number of amides is 12. The lowest BCUT2D eigenvalue weighted by Gasteiger charge is -2.31. The van der Waals surface area contributed by atoms with Crippen molar-refractivity contribution >= 4 is 119 Å². The van der Waals surface area contributed by atoms with Crippen molar-refractivity contribution in [2.45, 2.75) is 205 Å². The van der Waals surface area contributed by atoms with Gasteiger partial charge in [-0.3, -0.25) is 62.3 Å². The van der Waals surface area contributed by atoms with E-state index in [-0.39, 0.29) is 61.8 Å². The van der Waals surface area contributed by atoms with Crippen LogP contribution in [0, 0.1) is 23.7 Å². The SMILES string of the molecule is CC[C@H](C)[C@H](NC(=O)[C@H](CC(C)C)NC(=O)[C@@H](NC(=O)[C@H](Cc1ccc(O)cc1)NC(=O)[C@H](CC(=O)O)NC(=O)[C@@H](NC(=O)[C@H](Cc1ccccc1)NC(=O)[C@H](CO)NC(=O)[C@@H](N)CS)[C@@H](C)O)C(C)C)C(=O)N[C@@H](Cc1c[nH]c2ccccc12)C(=O)N[C@H](C(=O)N[C@@H](CCCCN)C(=O)N[C@@H](CS)C(=O)O)C(C)C. The molecule has 606 valence electrons. The van der Waals surface area contributed by atoms with Gasteiger partial charge >= 0.3 is 11.9 Å². The molecule has 0 saturated carbocycles. The van der Waals surface area contributed by atoms with Crippen molar-refractivity contribution in [2.24, 2.45) is 35.1 Å². The quantitative estimate of drug-likeness (QED) is 0.0174. The number of aromatic nitrogens is 1. The summed E-state index contributed by atoms with van der Waals surface area (Å²) < 4.78 is 0. The number of nitrogens with two attached hydrogens (primary N) is 2. The standard InChI is InChI=1S/C74H109N15O19S2/c1-10-40(8)60(72(105)82-53(31-44-33-77-48-21-15-14-20-46(44)48)68(101)87-58(38(4)5)70(103)78-49(22-16-17-27-75)63(96)85-56(36-110)74(107)108)88-65(98)50(28-37(2)3)81-71(104)59(39(6)7)86-66(99)52(30-43-23-25-45(92)26-24-43)79-64(97)54(32-57(93)94)83-73(106)61(41(9)91)89-67(100)51(29-42-18-12-11-13-19-42)80-69(102)55(34-90)84-62(95)47(76)35-109/h11-15,18-21,23-26,33,37-41,47,49-56,58-61,77,90-92,109-110H,10,16-17,22,27-32,34-36,75-76H2,1-9H3,(H,78,103)(H,79,97)(H,80,102)(H,81,104)(H,82,105)(H,83,106)(H,84,95)(H,85,96)(H,86,99)(H,87,101)(H,88,98)(H,89,100)(H,93,94)(H,107,108)/t40-,41+,47-,49-,50-,51-,52-,53-,54-,55-,56-,58-,59-,60-,61-/m0/s1. The highest BCUT2D eigenvalue weighted by Crippen LogP contribution is 2.22. The van der Waals surface area contributed by atoms with Crippen molar-refractivity contribution in [1.29, 1.82) is 0 Å². The van der Waals surface area contributed by atoms with Gasteiger partial charge in [-0.05, 0) is 97.7 Å². The van der Waals surface area contributed by atoms with Gasteiger partial charge < -0.3 is 106 Å². The number of phenols is 1. The molecule has 4 aromatic rings. The number of benzene rings is 3. The number of H-pyrrole nitrogens is 1. The summed E-state index contributed by atoms with van der Waals surface area (Å²) in [6.45, 7) is 13.7. The summed E-state index contributed by atoms with van der Waals surface area (Å²) in [5, 5.41) is 82.1. The number of fused-ring (bicyclic) bond motifs is 1. The van der Waals surface area contributed by atoms with Crippen molar-refractivity contribution in [1.82, 2.24) is 68.8 Å². The number of aromatic hydroxyl groups is 1. The van der Waals surface area contributed by atoms with Crippen molar-refractivity contribution in [3.8, 4) is 5.75 Å². The zero-order valence-electron chi connectivity index (χ0n) is 63.2. The molecule has 15 atom stereocenters. The zero-order chi connectivity index (χ0) is 82.2. The van der Waals surface area contributed by atoms with Crippen LogP contribution in [-0.4, -0.2) is 223 Å². The van der Waals surface area contributed by atoms with Gasteiger partial charge in [-0.1, -0.05) is 122 Å². The van der Waals surface area contributed by atoms with E-state index in [1.54, 1.807) is 116 Å². The van der Waals surface area contributed by atoms with Crippen LogP contribution in [0.3, 0.4) is 0 Å². The molecule has 0 unspecified atom stereocenters. The number of carbonyl (C=O) groups excluding carboxylic acids is 12. The largest absolute Gasteiger partial charge is 0.508 e. The molecular weight excluding hydrogens is 1470 g/mol. The van der Waals surface area contributed by atoms with Crippen LogP contribution in [-0.2, 0) is 86.4 Å². The van der Waals surface area contributed by atoms with Crippen molar-refractivity contribution in [3.63, 3.8) is 0 Å². The molecule has 0 spiro atoms. The minimum atomic E-state index is -2.07. The Labute approximate surface area is 649 Å². The predicted octanol–water partition coefficient (Wildman–Crippen LogP) is -1.63. The van der Waals surface area contributed by atoms with Gasteiger partial charge in [-0.15, -0.1) is 0 Å². The normalized spacial score (nSPS) is 15.5. The Morgan fingerprint density at radius 1 is 0.464 bits per heavy atom. The van der Waals surface area contributed by atoms with Gasteiger partial charge in [0.2, 0.25) is 70.9 Å². The molecule has 36 heteroatoms. The second-order valence-electron chi connectivity index (χ2n) is 28.2. The van der Waals surface area contributed by atoms with E-state index in [4.69, 9.17) is 11.5 Å². The highest BCUT2D eigenvalue weighted by molar-refractivity contribution is 7.80. The Hall–Kier alpha value is -9.88. The van der Waals surface area contributed by atoms with Gasteiger partial charge in [0.25, 0.3) is 0 Å². The summed E-state index contributed by atoms with van der Waals surface area (Å²) in [5.41, 5.74) is 13.5. The zero-order valence-corrected chi connectivity index (χ0v) is 65.0. The van der Waals surface area contributed by atoms with E-state index in [0.29, 0.717) is 40.4 Å². The highest BCUT2D eigenvalue weighted by atomic mass is 32.1. The van der Waals surface area contributed by atoms with Crippen molar-refractivity contribution in [3.05, 3.63) is 102 Å². The molecule has 0 fully saturated rings. The predicted molar refractivity (Wildman–Crippen MR) is 413 cm³/mol. The molecule has 0 saturated heterocycles. The Balaban J connectivity index is 1.64. The van der Waals surface area contributed by atoms with Gasteiger partial charge in [0.1, 0.15) is 78.3 Å². The number of hydrogen-bond acceptors (Lipinski definition) is 21. The fourth-order valence-electron chi connectivity index (χ4n) is 11.5. The first-order valence-electron chi connectivity index (χ1n) is 36.4. The van der Waals surface area contributed by atoms with E-state index in [1.807, 2.05) is 0 Å². The number of nitrogens with one attached hydrogen (secondary N) is 13. The molecule has 12 amide bonds. The molecule has 110 heavy (non-hydrogen) atoms. The number of unbranched alkanes of at least 4 members (excludes halogenated alkanes) is 1. The topological polar surface area (TPSA) is 552 Å². The third-order valence-electron chi connectivity index (χ3n) is 18.1. The molecule has 0 aliphatic heterocycles. The van der Waals surface area contributed by atoms with Crippen LogP contribution < -0.4 is 75.3 Å². The third-order valence-corrected chi connectivity index (χ3v) is 18.8. The Kier molecular flexibility index (Phi) is 38.6. The molecule has 4 rings (SSSR count). The summed E-state index contributed by atoms with van der Waals surface area (Å²) in [4.78, 5) is 198. The van der Waals surface area contributed by atoms with Gasteiger partial charge in [0, 0.05) is 47.9 Å². The van der Waals surface area contributed by atoms with Crippen LogP contribution in [0.15, 0.2) is 85.1 Å². The first-order valence-corrected chi connectivity index (χ1v) is 37.7.